The van der Waals surface area contributed by atoms with Gasteiger partial charge in [-0.3, -0.25) is 9.59 Å². The summed E-state index contributed by atoms with van der Waals surface area (Å²) in [4.78, 5) is 28.1. The van der Waals surface area contributed by atoms with Crippen molar-refractivity contribution in [2.45, 2.75) is 6.54 Å². The number of rotatable bonds is 5. The molecule has 2 aromatic rings. The van der Waals surface area contributed by atoms with Gasteiger partial charge < -0.3 is 14.2 Å². The van der Waals surface area contributed by atoms with Gasteiger partial charge >= 0.3 is 0 Å². The van der Waals surface area contributed by atoms with Gasteiger partial charge in [0.15, 0.2) is 5.76 Å². The van der Waals surface area contributed by atoms with Crippen LogP contribution in [-0.2, 0) is 11.3 Å². The molecule has 112 valence electrons. The van der Waals surface area contributed by atoms with Crippen LogP contribution in [0.5, 0.6) is 0 Å². The molecular formula is C14H15BrN2O3S. The second-order valence-corrected chi connectivity index (χ2v) is 7.14. The Labute approximate surface area is 135 Å². The fourth-order valence-corrected chi connectivity index (χ4v) is 3.28. The first-order valence-electron chi connectivity index (χ1n) is 6.24. The molecule has 0 radical (unpaired) electrons. The van der Waals surface area contributed by atoms with Gasteiger partial charge in [0, 0.05) is 19.0 Å². The Morgan fingerprint density at radius 3 is 2.57 bits per heavy atom. The van der Waals surface area contributed by atoms with E-state index in [4.69, 9.17) is 4.42 Å². The van der Waals surface area contributed by atoms with Crippen LogP contribution in [0.25, 0.3) is 0 Å². The molecule has 0 aliphatic heterocycles. The minimum atomic E-state index is -0.305. The summed E-state index contributed by atoms with van der Waals surface area (Å²) in [6, 6.07) is 7.14. The van der Waals surface area contributed by atoms with E-state index >= 15 is 0 Å². The molecule has 0 fully saturated rings. The van der Waals surface area contributed by atoms with Crippen LogP contribution in [0.1, 0.15) is 15.4 Å². The molecule has 2 aromatic heterocycles. The number of carbonyl (C=O) groups excluding carboxylic acids is 2. The summed E-state index contributed by atoms with van der Waals surface area (Å²) in [6.07, 6.45) is 1.43. The van der Waals surface area contributed by atoms with Gasteiger partial charge in [-0.15, -0.1) is 11.3 Å². The third kappa shape index (κ3) is 4.18. The summed E-state index contributed by atoms with van der Waals surface area (Å²) in [5.41, 5.74) is 0. The molecular weight excluding hydrogens is 356 g/mol. The van der Waals surface area contributed by atoms with Crippen LogP contribution in [0.4, 0.5) is 0 Å². The third-order valence-corrected chi connectivity index (χ3v) is 4.51. The van der Waals surface area contributed by atoms with Crippen molar-refractivity contribution in [1.29, 1.82) is 0 Å². The summed E-state index contributed by atoms with van der Waals surface area (Å²) >= 11 is 4.98. The molecule has 7 heteroatoms. The number of likely N-dealkylation sites (N-methyl/N-ethyl adjacent to an activating group) is 2. The van der Waals surface area contributed by atoms with Crippen molar-refractivity contribution in [1.82, 2.24) is 9.80 Å². The van der Waals surface area contributed by atoms with Gasteiger partial charge in [0.2, 0.25) is 5.91 Å². The number of hydrogen-bond donors (Lipinski definition) is 0. The van der Waals surface area contributed by atoms with Crippen LogP contribution in [0.15, 0.2) is 38.7 Å². The maximum atomic E-state index is 12.1. The molecule has 2 rings (SSSR count). The normalized spacial score (nSPS) is 10.4. The van der Waals surface area contributed by atoms with Crippen LogP contribution >= 0.6 is 27.3 Å². The van der Waals surface area contributed by atoms with Gasteiger partial charge in [0.05, 0.1) is 23.1 Å². The van der Waals surface area contributed by atoms with E-state index in [1.807, 2.05) is 12.1 Å². The van der Waals surface area contributed by atoms with E-state index in [-0.39, 0.29) is 24.1 Å². The lowest BCUT2D eigenvalue weighted by Gasteiger charge is -2.21. The zero-order valence-corrected chi connectivity index (χ0v) is 14.1. The number of amides is 2. The molecule has 2 amide bonds. The van der Waals surface area contributed by atoms with Crippen molar-refractivity contribution in [3.05, 3.63) is 45.0 Å². The Morgan fingerprint density at radius 1 is 1.24 bits per heavy atom. The Balaban J connectivity index is 1.89. The highest BCUT2D eigenvalue weighted by molar-refractivity contribution is 9.11. The fraction of sp³-hybridized carbons (Fsp3) is 0.286. The molecule has 0 spiro atoms. The first kappa shape index (κ1) is 15.8. The molecule has 0 aromatic carbocycles. The summed E-state index contributed by atoms with van der Waals surface area (Å²) in [6.45, 7) is 0.542. The third-order valence-electron chi connectivity index (χ3n) is 2.90. The van der Waals surface area contributed by atoms with Gasteiger partial charge in [0.1, 0.15) is 0 Å². The second kappa shape index (κ2) is 6.91. The van der Waals surface area contributed by atoms with Crippen molar-refractivity contribution in [3.63, 3.8) is 0 Å². The molecule has 0 unspecified atom stereocenters. The van der Waals surface area contributed by atoms with Crippen LogP contribution in [-0.4, -0.2) is 42.3 Å². The Kier molecular flexibility index (Phi) is 5.19. The topological polar surface area (TPSA) is 53.8 Å². The summed E-state index contributed by atoms with van der Waals surface area (Å²) < 4.78 is 6.07. The highest BCUT2D eigenvalue weighted by Gasteiger charge is 2.19. The standard InChI is InChI=1S/C14H15BrN2O3S/c1-16(8-10-5-6-12(15)21-10)13(18)9-17(2)14(19)11-4-3-7-20-11/h3-7H,8-9H2,1-2H3. The molecule has 2 heterocycles. The Bertz CT molecular complexity index is 624. The molecule has 0 atom stereocenters. The van der Waals surface area contributed by atoms with E-state index in [2.05, 4.69) is 15.9 Å². The van der Waals surface area contributed by atoms with Gasteiger partial charge in [-0.25, -0.2) is 0 Å². The number of hydrogen-bond acceptors (Lipinski definition) is 4. The van der Waals surface area contributed by atoms with E-state index in [0.29, 0.717) is 6.54 Å². The van der Waals surface area contributed by atoms with Crippen molar-refractivity contribution in [2.75, 3.05) is 20.6 Å². The molecule has 0 saturated heterocycles. The molecule has 5 nitrogen and oxygen atoms in total. The van der Waals surface area contributed by atoms with Crippen molar-refractivity contribution < 1.29 is 14.0 Å². The van der Waals surface area contributed by atoms with Gasteiger partial charge in [-0.1, -0.05) is 0 Å². The molecule has 0 aliphatic rings. The number of carbonyl (C=O) groups is 2. The van der Waals surface area contributed by atoms with E-state index < -0.39 is 0 Å². The average molecular weight is 371 g/mol. The highest BCUT2D eigenvalue weighted by Crippen LogP contribution is 2.23. The lowest BCUT2D eigenvalue weighted by molar-refractivity contribution is -0.130. The van der Waals surface area contributed by atoms with Crippen LogP contribution < -0.4 is 0 Å². The number of furan rings is 1. The Hall–Kier alpha value is -1.60. The van der Waals surface area contributed by atoms with Crippen LogP contribution in [0.2, 0.25) is 0 Å². The molecule has 0 bridgehead atoms. The predicted octanol–water partition coefficient (Wildman–Crippen LogP) is 2.83. The second-order valence-electron chi connectivity index (χ2n) is 4.59. The quantitative estimate of drug-likeness (QED) is 0.812. The monoisotopic (exact) mass is 370 g/mol. The number of halogens is 1. The minimum Gasteiger partial charge on any atom is -0.459 e. The number of thiophene rings is 1. The van der Waals surface area contributed by atoms with Gasteiger partial charge in [-0.2, -0.15) is 0 Å². The summed E-state index contributed by atoms with van der Waals surface area (Å²) in [5, 5.41) is 0. The lowest BCUT2D eigenvalue weighted by Crippen LogP contribution is -2.38. The molecule has 0 N–H and O–H groups in total. The SMILES string of the molecule is CN(Cc1ccc(Br)s1)C(=O)CN(C)C(=O)c1ccco1. The smallest absolute Gasteiger partial charge is 0.289 e. The minimum absolute atomic E-state index is 0.0164. The van der Waals surface area contributed by atoms with Gasteiger partial charge in [-0.05, 0) is 40.2 Å². The average Bonchev–Trinajstić information content (AvgIpc) is 3.09. The molecule has 0 aliphatic carbocycles. The predicted molar refractivity (Wildman–Crippen MR) is 84.2 cm³/mol. The number of nitrogens with zero attached hydrogens (tertiary/aromatic N) is 2. The molecule has 21 heavy (non-hydrogen) atoms. The first-order chi connectivity index (χ1) is 9.97. The first-order valence-corrected chi connectivity index (χ1v) is 7.85. The van der Waals surface area contributed by atoms with Gasteiger partial charge in [0.25, 0.3) is 5.91 Å². The van der Waals surface area contributed by atoms with E-state index in [1.165, 1.54) is 11.2 Å². The summed E-state index contributed by atoms with van der Waals surface area (Å²) in [5.74, 6) is -0.197. The van der Waals surface area contributed by atoms with Crippen molar-refractivity contribution in [2.24, 2.45) is 0 Å². The zero-order chi connectivity index (χ0) is 15.4. The summed E-state index contributed by atoms with van der Waals surface area (Å²) in [7, 11) is 3.31. The van der Waals surface area contributed by atoms with E-state index in [9.17, 15) is 9.59 Å². The molecule has 0 saturated carbocycles. The zero-order valence-electron chi connectivity index (χ0n) is 11.7. The largest absolute Gasteiger partial charge is 0.459 e. The van der Waals surface area contributed by atoms with Crippen LogP contribution in [0, 0.1) is 0 Å². The highest BCUT2D eigenvalue weighted by atomic mass is 79.9. The maximum Gasteiger partial charge on any atom is 0.289 e. The van der Waals surface area contributed by atoms with E-state index in [0.717, 1.165) is 8.66 Å². The maximum absolute atomic E-state index is 12.1. The van der Waals surface area contributed by atoms with E-state index in [1.54, 1.807) is 42.5 Å². The Morgan fingerprint density at radius 2 is 2.00 bits per heavy atom. The van der Waals surface area contributed by atoms with Crippen molar-refractivity contribution in [3.8, 4) is 0 Å². The fourth-order valence-electron chi connectivity index (χ4n) is 1.74. The van der Waals surface area contributed by atoms with Crippen molar-refractivity contribution >= 4 is 39.1 Å². The van der Waals surface area contributed by atoms with Crippen LogP contribution in [0.3, 0.4) is 0 Å². The lowest BCUT2D eigenvalue weighted by atomic mass is 10.3.